The summed E-state index contributed by atoms with van der Waals surface area (Å²) in [6.07, 6.45) is 6.25. The number of amides is 1. The molecule has 3 aliphatic rings. The fraction of sp³-hybridized carbons (Fsp3) is 0.588. The molecule has 1 aromatic carbocycles. The van der Waals surface area contributed by atoms with Crippen molar-refractivity contribution in [3.8, 4) is 0 Å². The molecule has 0 radical (unpaired) electrons. The monoisotopic (exact) mass is 306 g/mol. The van der Waals surface area contributed by atoms with Crippen LogP contribution in [0.25, 0.3) is 0 Å². The lowest BCUT2D eigenvalue weighted by Gasteiger charge is -2.18. The van der Waals surface area contributed by atoms with Gasteiger partial charge in [0.1, 0.15) is 0 Å². The van der Waals surface area contributed by atoms with Crippen molar-refractivity contribution < 1.29 is 4.79 Å². The molecule has 1 aliphatic heterocycles. The molecule has 0 spiro atoms. The third-order valence-electron chi connectivity index (χ3n) is 5.32. The molecule has 1 heterocycles. The van der Waals surface area contributed by atoms with Crippen molar-refractivity contribution in [3.05, 3.63) is 29.3 Å². The Labute approximate surface area is 132 Å². The molecule has 3 nitrogen and oxygen atoms in total. The van der Waals surface area contributed by atoms with E-state index in [0.29, 0.717) is 17.8 Å². The van der Waals surface area contributed by atoms with Crippen molar-refractivity contribution in [1.29, 1.82) is 0 Å². The highest BCUT2D eigenvalue weighted by molar-refractivity contribution is 5.95. The van der Waals surface area contributed by atoms with E-state index >= 15 is 0 Å². The summed E-state index contributed by atoms with van der Waals surface area (Å²) in [6, 6.07) is 6.38. The number of halogens is 1. The number of carbonyl (C=O) groups excluding carboxylic acids is 1. The first-order chi connectivity index (χ1) is 9.83. The predicted octanol–water partition coefficient (Wildman–Crippen LogP) is 3.13. The molecule has 2 fully saturated rings. The van der Waals surface area contributed by atoms with Crippen LogP contribution in [0.15, 0.2) is 18.2 Å². The zero-order valence-electron chi connectivity index (χ0n) is 12.2. The normalized spacial score (nSPS) is 29.6. The van der Waals surface area contributed by atoms with Crippen molar-refractivity contribution in [3.63, 3.8) is 0 Å². The predicted molar refractivity (Wildman–Crippen MR) is 86.7 cm³/mol. The van der Waals surface area contributed by atoms with E-state index in [9.17, 15) is 4.79 Å². The molecule has 21 heavy (non-hydrogen) atoms. The summed E-state index contributed by atoms with van der Waals surface area (Å²) in [6.45, 7) is 1.98. The minimum absolute atomic E-state index is 0. The molecule has 2 atom stereocenters. The lowest BCUT2D eigenvalue weighted by atomic mass is 10.0. The summed E-state index contributed by atoms with van der Waals surface area (Å²) in [5.41, 5.74) is 3.73. The smallest absolute Gasteiger partial charge is 0.228 e. The molecular formula is C17H23ClN2O. The van der Waals surface area contributed by atoms with Crippen LogP contribution < -0.4 is 10.6 Å². The summed E-state index contributed by atoms with van der Waals surface area (Å²) < 4.78 is 0. The molecule has 1 amide bonds. The van der Waals surface area contributed by atoms with Gasteiger partial charge in [-0.15, -0.1) is 12.4 Å². The summed E-state index contributed by atoms with van der Waals surface area (Å²) in [4.78, 5) is 12.4. The average molecular weight is 307 g/mol. The molecule has 4 rings (SSSR count). The Balaban J connectivity index is 0.00000132. The van der Waals surface area contributed by atoms with E-state index in [4.69, 9.17) is 0 Å². The lowest BCUT2D eigenvalue weighted by Crippen LogP contribution is -2.24. The van der Waals surface area contributed by atoms with Crippen LogP contribution in [-0.4, -0.2) is 12.5 Å². The van der Waals surface area contributed by atoms with Gasteiger partial charge in [0.25, 0.3) is 0 Å². The Morgan fingerprint density at radius 3 is 2.67 bits per heavy atom. The van der Waals surface area contributed by atoms with E-state index in [1.807, 2.05) is 0 Å². The maximum atomic E-state index is 12.4. The van der Waals surface area contributed by atoms with Gasteiger partial charge in [-0.25, -0.2) is 0 Å². The summed E-state index contributed by atoms with van der Waals surface area (Å²) in [5, 5.41) is 6.53. The zero-order valence-corrected chi connectivity index (χ0v) is 13.0. The van der Waals surface area contributed by atoms with Crippen LogP contribution in [-0.2, 0) is 17.8 Å². The molecule has 4 heteroatoms. The summed E-state index contributed by atoms with van der Waals surface area (Å²) in [7, 11) is 0. The van der Waals surface area contributed by atoms with Gasteiger partial charge < -0.3 is 10.6 Å². The number of hydrogen-bond acceptors (Lipinski definition) is 2. The maximum absolute atomic E-state index is 12.4. The first kappa shape index (κ1) is 14.9. The highest BCUT2D eigenvalue weighted by Crippen LogP contribution is 2.55. The van der Waals surface area contributed by atoms with Gasteiger partial charge >= 0.3 is 0 Å². The van der Waals surface area contributed by atoms with Crippen LogP contribution in [0.5, 0.6) is 0 Å². The number of carbonyl (C=O) groups is 1. The zero-order chi connectivity index (χ0) is 13.5. The SMILES string of the molecule is Cl.O=C(Nc1ccc2c(c1)CNCC2)C1C2CCCCC21. The second-order valence-electron chi connectivity index (χ2n) is 6.54. The molecular weight excluding hydrogens is 284 g/mol. The number of anilines is 1. The molecule has 2 N–H and O–H groups in total. The minimum Gasteiger partial charge on any atom is -0.326 e. The molecule has 0 bridgehead atoms. The standard InChI is InChI=1S/C17H22N2O.ClH/c20-17(16-14-3-1-2-4-15(14)16)19-13-6-5-11-7-8-18-10-12(11)9-13;/h5-6,9,14-16,18H,1-4,7-8,10H2,(H,19,20);1H. The third kappa shape index (κ3) is 2.82. The van der Waals surface area contributed by atoms with Gasteiger partial charge in [-0.3, -0.25) is 4.79 Å². The van der Waals surface area contributed by atoms with Crippen LogP contribution in [0.1, 0.15) is 36.8 Å². The number of nitrogens with one attached hydrogen (secondary N) is 2. The maximum Gasteiger partial charge on any atom is 0.228 e. The molecule has 114 valence electrons. The Morgan fingerprint density at radius 2 is 1.90 bits per heavy atom. The molecule has 2 aliphatic carbocycles. The van der Waals surface area contributed by atoms with Crippen LogP contribution in [0.4, 0.5) is 5.69 Å². The minimum atomic E-state index is 0. The quantitative estimate of drug-likeness (QED) is 0.881. The Hall–Kier alpha value is -1.06. The second kappa shape index (κ2) is 5.98. The van der Waals surface area contributed by atoms with Crippen LogP contribution in [0.3, 0.4) is 0 Å². The van der Waals surface area contributed by atoms with Crippen LogP contribution in [0.2, 0.25) is 0 Å². The van der Waals surface area contributed by atoms with Gasteiger partial charge in [0, 0.05) is 18.2 Å². The second-order valence-corrected chi connectivity index (χ2v) is 6.54. The van der Waals surface area contributed by atoms with E-state index in [1.54, 1.807) is 0 Å². The molecule has 1 aromatic rings. The van der Waals surface area contributed by atoms with Gasteiger partial charge in [-0.05, 0) is 60.9 Å². The van der Waals surface area contributed by atoms with Crippen LogP contribution in [0, 0.1) is 17.8 Å². The van der Waals surface area contributed by atoms with Gasteiger partial charge in [0.2, 0.25) is 5.91 Å². The van der Waals surface area contributed by atoms with E-state index in [2.05, 4.69) is 28.8 Å². The van der Waals surface area contributed by atoms with Crippen molar-refractivity contribution in [2.45, 2.75) is 38.6 Å². The lowest BCUT2D eigenvalue weighted by molar-refractivity contribution is -0.117. The molecule has 0 saturated heterocycles. The van der Waals surface area contributed by atoms with Crippen molar-refractivity contribution in [1.82, 2.24) is 5.32 Å². The molecule has 2 saturated carbocycles. The molecule has 2 unspecified atom stereocenters. The third-order valence-corrected chi connectivity index (χ3v) is 5.32. The first-order valence-corrected chi connectivity index (χ1v) is 7.96. The van der Waals surface area contributed by atoms with Gasteiger partial charge in [0.15, 0.2) is 0 Å². The Bertz CT molecular complexity index is 534. The summed E-state index contributed by atoms with van der Waals surface area (Å²) in [5.74, 6) is 1.92. The Kier molecular flexibility index (Phi) is 4.23. The number of hydrogen-bond donors (Lipinski definition) is 2. The van der Waals surface area contributed by atoms with Crippen LogP contribution >= 0.6 is 12.4 Å². The highest BCUT2D eigenvalue weighted by atomic mass is 35.5. The highest BCUT2D eigenvalue weighted by Gasteiger charge is 2.54. The van der Waals surface area contributed by atoms with Crippen molar-refractivity contribution >= 4 is 24.0 Å². The number of fused-ring (bicyclic) bond motifs is 2. The van der Waals surface area contributed by atoms with E-state index in [1.165, 1.54) is 36.8 Å². The fourth-order valence-corrected chi connectivity index (χ4v) is 4.17. The number of benzene rings is 1. The largest absolute Gasteiger partial charge is 0.326 e. The van der Waals surface area contributed by atoms with Crippen molar-refractivity contribution in [2.75, 3.05) is 11.9 Å². The van der Waals surface area contributed by atoms with E-state index < -0.39 is 0 Å². The first-order valence-electron chi connectivity index (χ1n) is 7.96. The molecule has 0 aromatic heterocycles. The fourth-order valence-electron chi connectivity index (χ4n) is 4.17. The van der Waals surface area contributed by atoms with Gasteiger partial charge in [-0.1, -0.05) is 18.9 Å². The van der Waals surface area contributed by atoms with Gasteiger partial charge in [0.05, 0.1) is 0 Å². The van der Waals surface area contributed by atoms with E-state index in [0.717, 1.165) is 25.2 Å². The topological polar surface area (TPSA) is 41.1 Å². The summed E-state index contributed by atoms with van der Waals surface area (Å²) >= 11 is 0. The number of rotatable bonds is 2. The Morgan fingerprint density at radius 1 is 1.14 bits per heavy atom. The van der Waals surface area contributed by atoms with Crippen molar-refractivity contribution in [2.24, 2.45) is 17.8 Å². The van der Waals surface area contributed by atoms with Gasteiger partial charge in [-0.2, -0.15) is 0 Å². The average Bonchev–Trinajstić information content (AvgIpc) is 3.21. The van der Waals surface area contributed by atoms with E-state index in [-0.39, 0.29) is 18.3 Å².